The van der Waals surface area contributed by atoms with Crippen LogP contribution in [0.4, 0.5) is 0 Å². The van der Waals surface area contributed by atoms with Gasteiger partial charge in [-0.1, -0.05) is 71.0 Å². The first-order chi connectivity index (χ1) is 45.7. The molecule has 1 fully saturated rings. The first-order valence-electron chi connectivity index (χ1n) is 31.9. The van der Waals surface area contributed by atoms with Crippen molar-refractivity contribution in [3.63, 3.8) is 0 Å². The zero-order valence-electron chi connectivity index (χ0n) is 54.7. The number of para-hydroxylation sites is 2. The molecule has 3 aromatic heterocycles. The zero-order valence-corrected chi connectivity index (χ0v) is 57.6. The van der Waals surface area contributed by atoms with Gasteiger partial charge in [-0.05, 0) is 86.8 Å². The molecule has 0 unspecified atom stereocenters. The normalized spacial score (nSPS) is 23.9. The smallest absolute Gasteiger partial charge is 0.303 e. The molecule has 1 aliphatic heterocycles. The van der Waals surface area contributed by atoms with E-state index >= 15 is 0 Å². The number of aliphatic carboxylic acids is 1. The Kier molecular flexibility index (Phi) is 29.9. The lowest BCUT2D eigenvalue weighted by Crippen LogP contribution is -2.60. The van der Waals surface area contributed by atoms with Crippen LogP contribution in [0.1, 0.15) is 104 Å². The number of nitrogens with one attached hydrogen (secondary N) is 15. The van der Waals surface area contributed by atoms with E-state index < -0.39 is 157 Å². The lowest BCUT2D eigenvalue weighted by Gasteiger charge is -2.27. The number of rotatable bonds is 18. The Hall–Kier alpha value is -8.63. The molecule has 0 radical (unpaired) electrons. The summed E-state index contributed by atoms with van der Waals surface area (Å²) in [6.45, 7) is 10.6. The minimum Gasteiger partial charge on any atom is -0.481 e. The number of halogens is 1. The van der Waals surface area contributed by atoms with E-state index in [1.54, 1.807) is 82.0 Å². The number of hydrogen-bond donors (Lipinski definition) is 17. The van der Waals surface area contributed by atoms with Gasteiger partial charge in [-0.3, -0.25) is 57.5 Å². The van der Waals surface area contributed by atoms with E-state index in [-0.39, 0.29) is 74.8 Å². The molecule has 11 amide bonds. The molecule has 11 atom stereocenters. The first kappa shape index (κ1) is 76.4. The molecule has 522 valence electrons. The highest BCUT2D eigenvalue weighted by molar-refractivity contribution is 14.1. The number of carbonyl (C=O) groups is 12. The summed E-state index contributed by atoms with van der Waals surface area (Å²) in [7, 11) is 0. The maximum Gasteiger partial charge on any atom is 0.303 e. The van der Waals surface area contributed by atoms with Gasteiger partial charge in [0.1, 0.15) is 60.4 Å². The number of carboxylic acid groups (broad SMARTS) is 1. The van der Waals surface area contributed by atoms with Crippen molar-refractivity contribution < 1.29 is 67.7 Å². The number of amides is 11. The number of thioether (sulfide) groups is 1. The Morgan fingerprint density at radius 1 is 0.615 bits per heavy atom. The Balaban J connectivity index is 1.35. The molecule has 30 nitrogen and oxygen atoms in total. The number of aromatic amines is 3. The summed E-state index contributed by atoms with van der Waals surface area (Å²) in [5.74, 6) is -10.5. The molecule has 0 saturated carbocycles. The summed E-state index contributed by atoms with van der Waals surface area (Å²) >= 11 is 3.03. The SMILES string of the molecule is CC[C@@H]1NC(=O)[C@H](CC(C)C)NC(=O)[C@H](CCC(=O)O)NC(=O)CNC(=O)[C@H](CC(C)C)NC(=O)[C@H](Cc2cnc[nH]2)NC(=O)[C@H](Cc2c[nH]c3ccccc23)NC(=O)[C@H](C)NC(=O)[C@@H](NI)CSCC[C@@H](C(=O)NC[C@@H](C)O)NC(=O)[C@H](Cc2c[nH]c3ccccc23)NC1=O. The molecule has 32 heteroatoms. The third-order valence-corrected chi connectivity index (χ3v) is 17.6. The van der Waals surface area contributed by atoms with Gasteiger partial charge in [0.25, 0.3) is 0 Å². The third-order valence-electron chi connectivity index (χ3n) is 15.8. The Morgan fingerprint density at radius 3 is 1.65 bits per heavy atom. The number of hydrogen-bond acceptors (Lipinski definition) is 16. The standard InChI is InChI=1S/C64H89IN16O14S/c1-8-42-58(89)79-50(24-38-28-68-44-16-12-10-14-41(38)44)61(92)75-46(56(87)69-26-35(6)82)19-20-96-31-52(81-65)64(95)72-36(7)55(86)76-49(23-37-27-67-43-15-11-9-13-40(37)43)62(93)80-51(25-39-29-66-32-71-39)63(94)77-47(21-33(2)3)57(88)70-30-53(83)73-45(17-18-54(84)85)59(90)78-48(22-34(4)5)60(91)74-42/h9-16,27-29,32-36,42,45-52,67-68,81-82H,8,17-26,30-31H2,1-7H3,(H,66,71)(H,69,87)(H,70,88)(H,72,95)(H,73,83)(H,74,91)(H,75,92)(H,76,86)(H,77,94)(H,78,90)(H,79,89)(H,80,93)(H,84,85)/t35-,36+,42+,45+,46+,47+,48+,49+,50+,51+,52+/m1/s1. The van der Waals surface area contributed by atoms with E-state index in [4.69, 9.17) is 0 Å². The number of carbonyl (C=O) groups excluding carboxylic acids is 11. The summed E-state index contributed by atoms with van der Waals surface area (Å²) < 4.78 is 2.92. The second-order valence-electron chi connectivity index (χ2n) is 24.6. The molecule has 6 rings (SSSR count). The first-order valence-corrected chi connectivity index (χ1v) is 34.2. The van der Waals surface area contributed by atoms with Crippen molar-refractivity contribution in [2.45, 2.75) is 173 Å². The minimum atomic E-state index is -1.58. The molecule has 4 heterocycles. The van der Waals surface area contributed by atoms with Crippen molar-refractivity contribution in [2.75, 3.05) is 24.6 Å². The van der Waals surface area contributed by atoms with Crippen LogP contribution in [0.15, 0.2) is 73.4 Å². The van der Waals surface area contributed by atoms with Crippen LogP contribution >= 0.6 is 34.6 Å². The second-order valence-corrected chi connectivity index (χ2v) is 26.4. The zero-order chi connectivity index (χ0) is 70.2. The van der Waals surface area contributed by atoms with Crippen molar-refractivity contribution in [1.82, 2.24) is 82.0 Å². The summed E-state index contributed by atoms with van der Waals surface area (Å²) in [4.78, 5) is 182. The molecule has 0 bridgehead atoms. The van der Waals surface area contributed by atoms with E-state index in [0.717, 1.165) is 21.8 Å². The molecular formula is C64H89IN16O14S. The predicted octanol–water partition coefficient (Wildman–Crippen LogP) is 0.209. The topological polar surface area (TPSA) is 450 Å². The van der Waals surface area contributed by atoms with Crippen molar-refractivity contribution in [2.24, 2.45) is 11.8 Å². The van der Waals surface area contributed by atoms with Crippen LogP contribution in [0.25, 0.3) is 21.8 Å². The maximum atomic E-state index is 14.8. The summed E-state index contributed by atoms with van der Waals surface area (Å²) in [6.07, 6.45) is 3.64. The fourth-order valence-electron chi connectivity index (χ4n) is 10.6. The number of aliphatic hydroxyl groups is 1. The number of benzene rings is 2. The van der Waals surface area contributed by atoms with Gasteiger partial charge >= 0.3 is 5.97 Å². The van der Waals surface area contributed by atoms with Crippen molar-refractivity contribution in [3.05, 3.63) is 90.3 Å². The van der Waals surface area contributed by atoms with Gasteiger partial charge in [0, 0.05) is 107 Å². The van der Waals surface area contributed by atoms with Crippen LogP contribution in [0.5, 0.6) is 0 Å². The number of nitrogens with zero attached hydrogens (tertiary/aromatic N) is 1. The van der Waals surface area contributed by atoms with E-state index in [2.05, 4.69) is 82.0 Å². The molecule has 0 spiro atoms. The number of imidazole rings is 1. The number of aromatic nitrogens is 4. The summed E-state index contributed by atoms with van der Waals surface area (Å²) in [5.41, 5.74) is 3.10. The molecule has 5 aromatic rings. The van der Waals surface area contributed by atoms with Crippen LogP contribution in [-0.2, 0) is 76.8 Å². The molecule has 96 heavy (non-hydrogen) atoms. The lowest BCUT2D eigenvalue weighted by atomic mass is 10.0. The van der Waals surface area contributed by atoms with Crippen LogP contribution in [0.2, 0.25) is 0 Å². The molecule has 17 N–H and O–H groups in total. The van der Waals surface area contributed by atoms with Crippen LogP contribution < -0.4 is 62.0 Å². The van der Waals surface area contributed by atoms with E-state index in [0.29, 0.717) is 16.8 Å². The van der Waals surface area contributed by atoms with Crippen LogP contribution in [-0.4, -0.2) is 192 Å². The highest BCUT2D eigenvalue weighted by Crippen LogP contribution is 2.22. The van der Waals surface area contributed by atoms with Crippen LogP contribution in [0, 0.1) is 11.8 Å². The highest BCUT2D eigenvalue weighted by Gasteiger charge is 2.36. The van der Waals surface area contributed by atoms with Crippen molar-refractivity contribution >= 4 is 127 Å². The average Bonchev–Trinajstić information content (AvgIpc) is 1.66. The van der Waals surface area contributed by atoms with Gasteiger partial charge in [0.05, 0.1) is 19.0 Å². The van der Waals surface area contributed by atoms with E-state index in [1.165, 1.54) is 38.1 Å². The van der Waals surface area contributed by atoms with Crippen molar-refractivity contribution in [1.29, 1.82) is 0 Å². The minimum absolute atomic E-state index is 0.00709. The Morgan fingerprint density at radius 2 is 1.11 bits per heavy atom. The van der Waals surface area contributed by atoms with E-state index in [1.807, 2.05) is 36.4 Å². The molecule has 0 aliphatic carbocycles. The molecule has 1 aliphatic rings. The van der Waals surface area contributed by atoms with Crippen molar-refractivity contribution in [3.8, 4) is 0 Å². The summed E-state index contributed by atoms with van der Waals surface area (Å²) in [6, 6.07) is 1.24. The second kappa shape index (κ2) is 37.6. The maximum absolute atomic E-state index is 14.8. The van der Waals surface area contributed by atoms with Gasteiger partial charge in [-0.2, -0.15) is 11.8 Å². The number of aliphatic hydroxyl groups excluding tert-OH is 1. The Bertz CT molecular complexity index is 3510. The quantitative estimate of drug-likeness (QED) is 0.0412. The van der Waals surface area contributed by atoms with Gasteiger partial charge in [-0.15, -0.1) is 0 Å². The molecular weight excluding hydrogens is 1380 g/mol. The fraction of sp³-hybridized carbons (Fsp3) is 0.516. The lowest BCUT2D eigenvalue weighted by molar-refractivity contribution is -0.138. The number of H-pyrrole nitrogens is 3. The molecule has 1 saturated heterocycles. The number of fused-ring (bicyclic) bond motifs is 2. The fourth-order valence-corrected chi connectivity index (χ4v) is 12.5. The molecule has 2 aromatic carbocycles. The highest BCUT2D eigenvalue weighted by atomic mass is 127. The van der Waals surface area contributed by atoms with Gasteiger partial charge < -0.3 is 83.6 Å². The van der Waals surface area contributed by atoms with Gasteiger partial charge in [0.15, 0.2) is 0 Å². The Labute approximate surface area is 573 Å². The number of carboxylic acids is 1. The summed E-state index contributed by atoms with van der Waals surface area (Å²) in [5, 5.41) is 50.6. The van der Waals surface area contributed by atoms with Gasteiger partial charge in [-0.25, -0.2) is 8.51 Å². The third kappa shape index (κ3) is 23.6. The largest absolute Gasteiger partial charge is 0.481 e. The van der Waals surface area contributed by atoms with Crippen LogP contribution in [0.3, 0.4) is 0 Å². The van der Waals surface area contributed by atoms with Gasteiger partial charge in [0.2, 0.25) is 65.0 Å². The monoisotopic (exact) mass is 1460 g/mol. The average molecular weight is 1470 g/mol. The van der Waals surface area contributed by atoms with E-state index in [9.17, 15) is 67.7 Å². The predicted molar refractivity (Wildman–Crippen MR) is 366 cm³/mol.